The Morgan fingerprint density at radius 3 is 2.67 bits per heavy atom. The average Bonchev–Trinajstić information content (AvgIpc) is 2.93. The summed E-state index contributed by atoms with van der Waals surface area (Å²) in [6, 6.07) is 5.17. The molecule has 0 aliphatic heterocycles. The molecule has 2 amide bonds. The lowest BCUT2D eigenvalue weighted by molar-refractivity contribution is -0.122. The van der Waals surface area contributed by atoms with Crippen molar-refractivity contribution in [3.05, 3.63) is 29.7 Å². The van der Waals surface area contributed by atoms with E-state index in [1.54, 1.807) is 6.92 Å². The van der Waals surface area contributed by atoms with Crippen molar-refractivity contribution in [2.75, 3.05) is 7.11 Å². The second-order valence-corrected chi connectivity index (χ2v) is 6.62. The number of nitrogens with one attached hydrogen (secondary N) is 2. The number of carbonyl (C=O) groups excluding carboxylic acids is 2. The minimum absolute atomic E-state index is 0.0243. The lowest BCUT2D eigenvalue weighted by atomic mass is 9.87. The predicted molar refractivity (Wildman–Crippen MR) is 89.6 cm³/mol. The lowest BCUT2D eigenvalue weighted by Gasteiger charge is -2.18. The second kappa shape index (κ2) is 6.90. The third-order valence-electron chi connectivity index (χ3n) is 3.62. The molecule has 7 heteroatoms. The number of amides is 2. The lowest BCUT2D eigenvalue weighted by Crippen LogP contribution is -2.44. The first-order valence-electron chi connectivity index (χ1n) is 7.73. The molecule has 0 radical (unpaired) electrons. The van der Waals surface area contributed by atoms with E-state index >= 15 is 0 Å². The van der Waals surface area contributed by atoms with Crippen LogP contribution < -0.4 is 10.6 Å². The molecule has 1 aromatic heterocycles. The number of carbonyl (C=O) groups is 2. The quantitative estimate of drug-likeness (QED) is 0.896. The van der Waals surface area contributed by atoms with E-state index in [-0.39, 0.29) is 17.9 Å². The summed E-state index contributed by atoms with van der Waals surface area (Å²) in [7, 11) is 1.24. The van der Waals surface area contributed by atoms with Crippen LogP contribution in [0.1, 0.15) is 39.1 Å². The SMILES string of the molecule is COC(=O)NC(C)C(=O)NCc1nc2cc(C(C)(C)C)ccc2o1. The zero-order valence-corrected chi connectivity index (χ0v) is 14.6. The van der Waals surface area contributed by atoms with Crippen molar-refractivity contribution in [1.82, 2.24) is 15.6 Å². The van der Waals surface area contributed by atoms with Gasteiger partial charge >= 0.3 is 6.09 Å². The minimum atomic E-state index is -0.714. The van der Waals surface area contributed by atoms with Crippen molar-refractivity contribution < 1.29 is 18.7 Å². The molecule has 1 aromatic carbocycles. The van der Waals surface area contributed by atoms with Gasteiger partial charge in [-0.3, -0.25) is 4.79 Å². The first-order valence-corrected chi connectivity index (χ1v) is 7.73. The van der Waals surface area contributed by atoms with Crippen LogP contribution >= 0.6 is 0 Å². The van der Waals surface area contributed by atoms with Crippen LogP contribution in [0.15, 0.2) is 22.6 Å². The maximum Gasteiger partial charge on any atom is 0.407 e. The summed E-state index contributed by atoms with van der Waals surface area (Å²) in [4.78, 5) is 27.4. The molecule has 2 rings (SSSR count). The minimum Gasteiger partial charge on any atom is -0.453 e. The molecular formula is C17H23N3O4. The predicted octanol–water partition coefficient (Wildman–Crippen LogP) is 2.49. The highest BCUT2D eigenvalue weighted by atomic mass is 16.5. The van der Waals surface area contributed by atoms with Gasteiger partial charge in [-0.25, -0.2) is 9.78 Å². The van der Waals surface area contributed by atoms with E-state index in [0.717, 1.165) is 11.1 Å². The van der Waals surface area contributed by atoms with E-state index in [1.807, 2.05) is 18.2 Å². The van der Waals surface area contributed by atoms with Gasteiger partial charge in [-0.2, -0.15) is 0 Å². The molecule has 2 N–H and O–H groups in total. The number of fused-ring (bicyclic) bond motifs is 1. The van der Waals surface area contributed by atoms with Crippen molar-refractivity contribution in [3.8, 4) is 0 Å². The topological polar surface area (TPSA) is 93.5 Å². The highest BCUT2D eigenvalue weighted by Gasteiger charge is 2.18. The van der Waals surface area contributed by atoms with E-state index in [1.165, 1.54) is 7.11 Å². The largest absolute Gasteiger partial charge is 0.453 e. The van der Waals surface area contributed by atoms with Crippen LogP contribution in [0.25, 0.3) is 11.1 Å². The fraction of sp³-hybridized carbons (Fsp3) is 0.471. The molecule has 7 nitrogen and oxygen atoms in total. The van der Waals surface area contributed by atoms with E-state index in [4.69, 9.17) is 4.42 Å². The molecule has 2 aromatic rings. The Bertz CT molecular complexity index is 746. The van der Waals surface area contributed by atoms with Crippen molar-refractivity contribution in [2.45, 2.75) is 45.7 Å². The number of nitrogens with zero attached hydrogens (tertiary/aromatic N) is 1. The summed E-state index contributed by atoms with van der Waals surface area (Å²) < 4.78 is 10.1. The van der Waals surface area contributed by atoms with E-state index < -0.39 is 12.1 Å². The Labute approximate surface area is 140 Å². The Hall–Kier alpha value is -2.57. The molecule has 0 spiro atoms. The Morgan fingerprint density at radius 1 is 1.33 bits per heavy atom. The van der Waals surface area contributed by atoms with Gasteiger partial charge in [-0.1, -0.05) is 26.8 Å². The van der Waals surface area contributed by atoms with Gasteiger partial charge in [0.1, 0.15) is 11.6 Å². The van der Waals surface area contributed by atoms with Gasteiger partial charge < -0.3 is 19.8 Å². The summed E-state index contributed by atoms with van der Waals surface area (Å²) in [6.07, 6.45) is -0.658. The fourth-order valence-electron chi connectivity index (χ4n) is 2.13. The van der Waals surface area contributed by atoms with Crippen molar-refractivity contribution in [3.63, 3.8) is 0 Å². The maximum absolute atomic E-state index is 11.9. The third-order valence-corrected chi connectivity index (χ3v) is 3.62. The summed E-state index contributed by atoms with van der Waals surface area (Å²) in [5, 5.41) is 5.06. The van der Waals surface area contributed by atoms with Gasteiger partial charge in [-0.15, -0.1) is 0 Å². The van der Waals surface area contributed by atoms with E-state index in [0.29, 0.717) is 11.5 Å². The number of alkyl carbamates (subject to hydrolysis) is 1. The van der Waals surface area contributed by atoms with Crippen LogP contribution in [0.2, 0.25) is 0 Å². The summed E-state index contributed by atoms with van der Waals surface area (Å²) in [5.41, 5.74) is 2.62. The van der Waals surface area contributed by atoms with Crippen LogP contribution in [0.4, 0.5) is 4.79 Å². The van der Waals surface area contributed by atoms with Crippen LogP contribution in [0, 0.1) is 0 Å². The first-order chi connectivity index (χ1) is 11.2. The van der Waals surface area contributed by atoms with Crippen molar-refractivity contribution in [1.29, 1.82) is 0 Å². The van der Waals surface area contributed by atoms with Gasteiger partial charge in [0.25, 0.3) is 0 Å². The number of aromatic nitrogens is 1. The van der Waals surface area contributed by atoms with Gasteiger partial charge in [0.15, 0.2) is 5.58 Å². The summed E-state index contributed by atoms with van der Waals surface area (Å²) in [5.74, 6) is 0.0627. The van der Waals surface area contributed by atoms with E-state index in [2.05, 4.69) is 41.1 Å². The second-order valence-electron chi connectivity index (χ2n) is 6.62. The monoisotopic (exact) mass is 333 g/mol. The number of benzene rings is 1. The molecule has 1 atom stereocenters. The molecule has 0 fully saturated rings. The molecule has 0 aliphatic rings. The van der Waals surface area contributed by atoms with Gasteiger partial charge in [0.2, 0.25) is 11.8 Å². The van der Waals surface area contributed by atoms with Crippen LogP contribution in [-0.2, 0) is 21.5 Å². The molecule has 1 unspecified atom stereocenters. The molecule has 0 aliphatic carbocycles. The number of methoxy groups -OCH3 is 1. The Balaban J connectivity index is 2.03. The number of hydrogen-bond donors (Lipinski definition) is 2. The number of ether oxygens (including phenoxy) is 1. The third kappa shape index (κ3) is 4.24. The zero-order valence-electron chi connectivity index (χ0n) is 14.6. The molecule has 0 saturated carbocycles. The van der Waals surface area contributed by atoms with Crippen LogP contribution in [-0.4, -0.2) is 30.1 Å². The standard InChI is InChI=1S/C17H23N3O4/c1-10(19-16(22)23-5)15(21)18-9-14-20-12-8-11(17(2,3)4)6-7-13(12)24-14/h6-8,10H,9H2,1-5H3,(H,18,21)(H,19,22). The van der Waals surface area contributed by atoms with Gasteiger partial charge in [0, 0.05) is 0 Å². The van der Waals surface area contributed by atoms with Crippen molar-refractivity contribution >= 4 is 23.1 Å². The molecule has 130 valence electrons. The smallest absolute Gasteiger partial charge is 0.407 e. The van der Waals surface area contributed by atoms with Crippen LogP contribution in [0.5, 0.6) is 0 Å². The fourth-order valence-corrected chi connectivity index (χ4v) is 2.13. The number of oxazole rings is 1. The van der Waals surface area contributed by atoms with E-state index in [9.17, 15) is 9.59 Å². The molecule has 0 bridgehead atoms. The Kier molecular flexibility index (Phi) is 5.11. The maximum atomic E-state index is 11.9. The molecule has 0 saturated heterocycles. The molecule has 24 heavy (non-hydrogen) atoms. The Morgan fingerprint density at radius 2 is 2.04 bits per heavy atom. The summed E-state index contributed by atoms with van der Waals surface area (Å²) in [6.45, 7) is 8.10. The normalized spacial score (nSPS) is 12.7. The average molecular weight is 333 g/mol. The van der Waals surface area contributed by atoms with Crippen molar-refractivity contribution in [2.24, 2.45) is 0 Å². The number of hydrogen-bond acceptors (Lipinski definition) is 5. The van der Waals surface area contributed by atoms with Crippen LogP contribution in [0.3, 0.4) is 0 Å². The van der Waals surface area contributed by atoms with Gasteiger partial charge in [0.05, 0.1) is 13.7 Å². The zero-order chi connectivity index (χ0) is 17.9. The highest BCUT2D eigenvalue weighted by molar-refractivity contribution is 5.85. The number of rotatable bonds is 4. The molecular weight excluding hydrogens is 310 g/mol. The first kappa shape index (κ1) is 17.8. The molecule has 1 heterocycles. The van der Waals surface area contributed by atoms with Gasteiger partial charge in [-0.05, 0) is 30.0 Å². The summed E-state index contributed by atoms with van der Waals surface area (Å²) >= 11 is 0. The highest BCUT2D eigenvalue weighted by Crippen LogP contribution is 2.26.